The van der Waals surface area contributed by atoms with E-state index in [-0.39, 0.29) is 6.73 Å². The van der Waals surface area contributed by atoms with Crippen LogP contribution in [-0.2, 0) is 18.9 Å². The van der Waals surface area contributed by atoms with Crippen molar-refractivity contribution in [2.75, 3.05) is 6.73 Å². The first-order valence-corrected chi connectivity index (χ1v) is 23.6. The molecule has 0 radical (unpaired) electrons. The van der Waals surface area contributed by atoms with E-state index in [1.807, 2.05) is 0 Å². The molecule has 0 unspecified atom stereocenters. The number of nitrogens with two attached hydrogens (primary N) is 1. The van der Waals surface area contributed by atoms with Crippen molar-refractivity contribution in [2.45, 2.75) is 0 Å². The first kappa shape index (κ1) is 29.7. The van der Waals surface area contributed by atoms with Crippen molar-refractivity contribution in [3.8, 4) is 0 Å². The minimum atomic E-state index is -2.90. The van der Waals surface area contributed by atoms with E-state index >= 15 is 0 Å². The quantitative estimate of drug-likeness (QED) is 0.0644. The van der Waals surface area contributed by atoms with Gasteiger partial charge in [-0.05, 0) is 0 Å². The van der Waals surface area contributed by atoms with Crippen LogP contribution in [0.3, 0.4) is 0 Å². The van der Waals surface area contributed by atoms with E-state index in [1.165, 1.54) is 31.8 Å². The van der Waals surface area contributed by atoms with Gasteiger partial charge in [0.2, 0.25) is 0 Å². The zero-order valence-electron chi connectivity index (χ0n) is 23.8. The van der Waals surface area contributed by atoms with Crippen molar-refractivity contribution in [2.24, 2.45) is 5.84 Å². The molecule has 43 heavy (non-hydrogen) atoms. The molecule has 3 nitrogen and oxygen atoms in total. The Bertz CT molecular complexity index is 1380. The van der Waals surface area contributed by atoms with E-state index in [4.69, 9.17) is 9.41 Å². The maximum absolute atomic E-state index is 7.47. The summed E-state index contributed by atoms with van der Waals surface area (Å²) in [6.07, 6.45) is 0. The van der Waals surface area contributed by atoms with Crippen LogP contribution in [0.25, 0.3) is 0 Å². The summed E-state index contributed by atoms with van der Waals surface area (Å²) in [6, 6.07) is 67.0. The van der Waals surface area contributed by atoms with E-state index in [0.29, 0.717) is 0 Å². The third-order valence-corrected chi connectivity index (χ3v) is 41.1. The van der Waals surface area contributed by atoms with Crippen molar-refractivity contribution in [1.29, 1.82) is 0 Å². The third kappa shape index (κ3) is 5.57. The predicted molar refractivity (Wildman–Crippen MR) is 186 cm³/mol. The van der Waals surface area contributed by atoms with Crippen LogP contribution in [0, 0.1) is 0 Å². The Labute approximate surface area is 260 Å². The van der Waals surface area contributed by atoms with Crippen LogP contribution in [0.5, 0.6) is 0 Å². The predicted octanol–water partition coefficient (Wildman–Crippen LogP) is 5.24. The molecule has 0 aliphatic rings. The van der Waals surface area contributed by atoms with Crippen LogP contribution in [-0.4, -0.2) is 6.73 Å². The minimum absolute atomic E-state index is 0.273. The molecule has 0 aromatic heterocycles. The molecule has 0 atom stereocenters. The molecule has 0 bridgehead atoms. The molecule has 6 aromatic carbocycles. The molecular formula is C37H37N2OP2Rh. The summed E-state index contributed by atoms with van der Waals surface area (Å²) in [7, 11) is 0. The zero-order chi connectivity index (χ0) is 29.4. The molecule has 6 aromatic rings. The van der Waals surface area contributed by atoms with Crippen LogP contribution < -0.4 is 43.1 Å². The molecule has 0 aliphatic heterocycles. The first-order valence-electron chi connectivity index (χ1n) is 14.4. The van der Waals surface area contributed by atoms with Gasteiger partial charge in [-0.2, -0.15) is 0 Å². The second-order valence-corrected chi connectivity index (χ2v) is 30.6. The summed E-state index contributed by atoms with van der Waals surface area (Å²) in [5, 5.41) is 8.15. The monoisotopic (exact) mass is 690 g/mol. The molecule has 0 spiro atoms. The normalized spacial score (nSPS) is 12.8. The fourth-order valence-corrected chi connectivity index (χ4v) is 48.8. The average molecular weight is 691 g/mol. The number of hydrogen-bond donors (Lipinski definition) is 2. The Balaban J connectivity index is 1.85. The molecule has 6 rings (SSSR count). The SMILES string of the molecule is NNC[O][Rh]([PH](c1ccccc1)(c1ccccc1)c1ccccc1)[PH](c1ccccc1)(c1ccccc1)c1ccccc1. The number of nitrogens with one attached hydrogen (secondary N) is 1. The van der Waals surface area contributed by atoms with Gasteiger partial charge in [-0.1, -0.05) is 0 Å². The van der Waals surface area contributed by atoms with Gasteiger partial charge in [-0.25, -0.2) is 0 Å². The molecule has 0 amide bonds. The third-order valence-electron chi connectivity index (χ3n) is 7.63. The van der Waals surface area contributed by atoms with Crippen LogP contribution in [0.2, 0.25) is 0 Å². The van der Waals surface area contributed by atoms with Crippen molar-refractivity contribution in [3.63, 3.8) is 0 Å². The molecule has 0 fully saturated rings. The van der Waals surface area contributed by atoms with Crippen molar-refractivity contribution >= 4 is 43.0 Å². The fourth-order valence-electron chi connectivity index (χ4n) is 5.89. The maximum atomic E-state index is 7.47. The molecule has 0 saturated heterocycles. The van der Waals surface area contributed by atoms with E-state index < -0.39 is 26.5 Å². The summed E-state index contributed by atoms with van der Waals surface area (Å²) in [5.74, 6) is 6.07. The van der Waals surface area contributed by atoms with Gasteiger partial charge in [-0.15, -0.1) is 0 Å². The number of rotatable bonds is 11. The Morgan fingerprint density at radius 1 is 0.395 bits per heavy atom. The molecule has 220 valence electrons. The van der Waals surface area contributed by atoms with Crippen LogP contribution in [0.15, 0.2) is 182 Å². The molecule has 6 heteroatoms. The van der Waals surface area contributed by atoms with Crippen LogP contribution in [0.1, 0.15) is 0 Å². The van der Waals surface area contributed by atoms with E-state index in [0.717, 1.165) is 0 Å². The number of hydrogen-bond acceptors (Lipinski definition) is 3. The first-order chi connectivity index (χ1) is 21.3. The van der Waals surface area contributed by atoms with Gasteiger partial charge in [-0.3, -0.25) is 0 Å². The van der Waals surface area contributed by atoms with Gasteiger partial charge in [0, 0.05) is 0 Å². The topological polar surface area (TPSA) is 47.3 Å². The van der Waals surface area contributed by atoms with Crippen molar-refractivity contribution in [3.05, 3.63) is 182 Å². The van der Waals surface area contributed by atoms with Crippen molar-refractivity contribution < 1.29 is 18.9 Å². The Morgan fingerprint density at radius 2 is 0.605 bits per heavy atom. The standard InChI is InChI=1S/2C18H15P.CH5N2O.Rh/c2*1-4-10-16(11-5-1)19(17-12-6-2-7-13-17)18-14-8-3-9-15-18;2-3-1-4;/h2*1-15H;3H,1-2H2;/q;;2*-1/p+2. The summed E-state index contributed by atoms with van der Waals surface area (Å²) in [5.41, 5.74) is -2.89. The Kier molecular flexibility index (Phi) is 9.67. The number of benzene rings is 6. The molecular weight excluding hydrogens is 653 g/mol. The molecule has 3 N–H and O–H groups in total. The van der Waals surface area contributed by atoms with Crippen LogP contribution in [0.4, 0.5) is 0 Å². The van der Waals surface area contributed by atoms with Gasteiger partial charge >= 0.3 is 262 Å². The fraction of sp³-hybridized carbons (Fsp3) is 0.0270. The van der Waals surface area contributed by atoms with Gasteiger partial charge in [0.25, 0.3) is 0 Å². The van der Waals surface area contributed by atoms with E-state index in [1.54, 1.807) is 0 Å². The zero-order valence-corrected chi connectivity index (χ0v) is 27.5. The van der Waals surface area contributed by atoms with Gasteiger partial charge in [0.05, 0.1) is 0 Å². The summed E-state index contributed by atoms with van der Waals surface area (Å²) < 4.78 is 7.47. The van der Waals surface area contributed by atoms with Gasteiger partial charge in [0.15, 0.2) is 0 Å². The average Bonchev–Trinajstić information content (AvgIpc) is 3.10. The Hall–Kier alpha value is -3.32. The molecule has 0 heterocycles. The second-order valence-electron chi connectivity index (χ2n) is 10.1. The molecule has 0 aliphatic carbocycles. The van der Waals surface area contributed by atoms with Gasteiger partial charge in [0.1, 0.15) is 0 Å². The Morgan fingerprint density at radius 3 is 0.791 bits per heavy atom. The summed E-state index contributed by atoms with van der Waals surface area (Å²) in [4.78, 5) is 0. The summed E-state index contributed by atoms with van der Waals surface area (Å²) >= 11 is -2.33. The van der Waals surface area contributed by atoms with Gasteiger partial charge < -0.3 is 0 Å². The van der Waals surface area contributed by atoms with E-state index in [9.17, 15) is 0 Å². The van der Waals surface area contributed by atoms with Crippen molar-refractivity contribution in [1.82, 2.24) is 5.43 Å². The number of hydrazine groups is 1. The second kappa shape index (κ2) is 14.0. The van der Waals surface area contributed by atoms with E-state index in [2.05, 4.69) is 187 Å². The molecule has 0 saturated carbocycles. The van der Waals surface area contributed by atoms with Crippen LogP contribution >= 0.6 is 11.2 Å². The summed E-state index contributed by atoms with van der Waals surface area (Å²) in [6.45, 7) is 0.273.